The van der Waals surface area contributed by atoms with Crippen LogP contribution < -0.4 is 4.90 Å². The van der Waals surface area contributed by atoms with Crippen LogP contribution in [0.5, 0.6) is 0 Å². The molecule has 4 aliphatic rings. The number of aromatic nitrogens is 2. The fraction of sp³-hybridized carbons (Fsp3) is 0.469. The van der Waals surface area contributed by atoms with Gasteiger partial charge in [-0.3, -0.25) is 4.90 Å². The van der Waals surface area contributed by atoms with Crippen molar-refractivity contribution in [2.45, 2.75) is 82.0 Å². The van der Waals surface area contributed by atoms with Crippen molar-refractivity contribution in [3.8, 4) is 11.3 Å². The first-order valence-corrected chi connectivity index (χ1v) is 16.5. The Morgan fingerprint density at radius 2 is 1.84 bits per heavy atom. The van der Waals surface area contributed by atoms with E-state index in [9.17, 15) is 14.3 Å². The molecule has 4 fully saturated rings. The molecular formula is C32H31Cl2FN4O3S. The summed E-state index contributed by atoms with van der Waals surface area (Å²) in [5.41, 5.74) is 3.14. The highest BCUT2D eigenvalue weighted by molar-refractivity contribution is 7.22. The number of hydrogen-bond acceptors (Lipinski definition) is 7. The summed E-state index contributed by atoms with van der Waals surface area (Å²) in [7, 11) is 2.20. The summed E-state index contributed by atoms with van der Waals surface area (Å²) >= 11 is 14.6. The lowest BCUT2D eigenvalue weighted by molar-refractivity contribution is -0.0199. The molecule has 43 heavy (non-hydrogen) atoms. The fourth-order valence-corrected chi connectivity index (χ4v) is 9.73. The van der Waals surface area contributed by atoms with E-state index in [2.05, 4.69) is 27.0 Å². The number of hydrogen-bond donors (Lipinski definition) is 1. The second-order valence-electron chi connectivity index (χ2n) is 13.0. The number of nitrogens with zero attached hydrogens (tertiary/aromatic N) is 4. The molecule has 11 heteroatoms. The number of carboxylic acid groups (broad SMARTS) is 1. The Morgan fingerprint density at radius 3 is 2.49 bits per heavy atom. The first-order chi connectivity index (χ1) is 20.7. The second kappa shape index (κ2) is 10.2. The van der Waals surface area contributed by atoms with Crippen LogP contribution in [0.4, 0.5) is 9.52 Å². The Morgan fingerprint density at radius 1 is 1.14 bits per heavy atom. The summed E-state index contributed by atoms with van der Waals surface area (Å²) in [6.07, 6.45) is 8.96. The van der Waals surface area contributed by atoms with Crippen LogP contribution in [0.2, 0.25) is 10.0 Å². The van der Waals surface area contributed by atoms with Crippen LogP contribution in [0.1, 0.15) is 79.0 Å². The highest BCUT2D eigenvalue weighted by atomic mass is 35.5. The van der Waals surface area contributed by atoms with Crippen molar-refractivity contribution in [2.75, 3.05) is 11.9 Å². The van der Waals surface area contributed by atoms with Crippen LogP contribution in [-0.2, 0) is 6.54 Å². The minimum Gasteiger partial charge on any atom is -0.478 e. The van der Waals surface area contributed by atoms with Crippen LogP contribution in [0.3, 0.4) is 0 Å². The molecule has 0 amide bonds. The van der Waals surface area contributed by atoms with Gasteiger partial charge < -0.3 is 14.5 Å². The van der Waals surface area contributed by atoms with Gasteiger partial charge in [0.25, 0.3) is 0 Å². The molecule has 2 unspecified atom stereocenters. The van der Waals surface area contributed by atoms with Crippen LogP contribution in [0, 0.1) is 11.2 Å². The molecule has 8 rings (SSSR count). The summed E-state index contributed by atoms with van der Waals surface area (Å²) in [6.45, 7) is 0.738. The van der Waals surface area contributed by atoms with Gasteiger partial charge in [-0.05, 0) is 88.1 Å². The summed E-state index contributed by atoms with van der Waals surface area (Å²) in [4.78, 5) is 21.0. The number of halogens is 3. The molecule has 2 bridgehead atoms. The minimum atomic E-state index is -1.13. The summed E-state index contributed by atoms with van der Waals surface area (Å²) in [5, 5.41) is 15.8. The molecule has 2 saturated heterocycles. The third-order valence-electron chi connectivity index (χ3n) is 10.2. The number of benzene rings is 2. The van der Waals surface area contributed by atoms with Gasteiger partial charge in [0.1, 0.15) is 17.0 Å². The molecule has 224 valence electrons. The topological polar surface area (TPSA) is 82.7 Å². The van der Waals surface area contributed by atoms with E-state index in [0.717, 1.165) is 91.7 Å². The molecule has 2 saturated carbocycles. The Labute approximate surface area is 262 Å². The Hall–Kier alpha value is -2.72. The third kappa shape index (κ3) is 4.66. The maximum Gasteiger partial charge on any atom is 0.335 e. The minimum absolute atomic E-state index is 0.0389. The smallest absolute Gasteiger partial charge is 0.335 e. The highest BCUT2D eigenvalue weighted by Crippen LogP contribution is 2.58. The maximum atomic E-state index is 14.7. The highest BCUT2D eigenvalue weighted by Gasteiger charge is 2.55. The SMILES string of the molecule is CN(Cc1c(-c2c(Cl)cccc2Cl)noc1C1CC1)C1CC2(C1)CC1CCC(C2)N1c1nc2c(F)cc(C(=O)O)cc2s1. The van der Waals surface area contributed by atoms with E-state index in [-0.39, 0.29) is 11.1 Å². The molecule has 4 aromatic rings. The van der Waals surface area contributed by atoms with Crippen molar-refractivity contribution >= 4 is 55.9 Å². The van der Waals surface area contributed by atoms with E-state index in [1.165, 1.54) is 17.4 Å². The van der Waals surface area contributed by atoms with Crippen LogP contribution in [-0.4, -0.2) is 51.3 Å². The number of carbonyl (C=O) groups is 1. The fourth-order valence-electron chi connectivity index (χ4n) is 7.99. The number of fused-ring (bicyclic) bond motifs is 3. The number of rotatable bonds is 7. The van der Waals surface area contributed by atoms with Gasteiger partial charge in [0.15, 0.2) is 10.9 Å². The summed E-state index contributed by atoms with van der Waals surface area (Å²) in [6, 6.07) is 9.36. The molecule has 7 nitrogen and oxygen atoms in total. The van der Waals surface area contributed by atoms with E-state index < -0.39 is 11.8 Å². The van der Waals surface area contributed by atoms with Gasteiger partial charge in [-0.2, -0.15) is 0 Å². The number of thiazole rings is 1. The van der Waals surface area contributed by atoms with Gasteiger partial charge in [0.2, 0.25) is 0 Å². The number of aromatic carboxylic acids is 1. The molecule has 2 aromatic heterocycles. The van der Waals surface area contributed by atoms with E-state index in [4.69, 9.17) is 27.7 Å². The van der Waals surface area contributed by atoms with Crippen molar-refractivity contribution < 1.29 is 18.8 Å². The van der Waals surface area contributed by atoms with E-state index in [1.54, 1.807) is 0 Å². The van der Waals surface area contributed by atoms with Crippen LogP contribution in [0.25, 0.3) is 21.5 Å². The van der Waals surface area contributed by atoms with Gasteiger partial charge in [0, 0.05) is 41.7 Å². The van der Waals surface area contributed by atoms with Crippen molar-refractivity contribution in [3.05, 3.63) is 63.1 Å². The average Bonchev–Trinajstić information content (AvgIpc) is 3.47. The number of anilines is 1. The molecule has 4 heterocycles. The van der Waals surface area contributed by atoms with Gasteiger partial charge in [-0.15, -0.1) is 0 Å². The predicted octanol–water partition coefficient (Wildman–Crippen LogP) is 8.38. The van der Waals surface area contributed by atoms with Gasteiger partial charge >= 0.3 is 5.97 Å². The van der Waals surface area contributed by atoms with Crippen molar-refractivity contribution in [2.24, 2.45) is 5.41 Å². The van der Waals surface area contributed by atoms with Crippen LogP contribution in [0.15, 0.2) is 34.9 Å². The van der Waals surface area contributed by atoms with E-state index in [1.807, 2.05) is 18.2 Å². The van der Waals surface area contributed by atoms with Crippen molar-refractivity contribution in [1.29, 1.82) is 0 Å². The maximum absolute atomic E-state index is 14.7. The van der Waals surface area contributed by atoms with E-state index >= 15 is 0 Å². The zero-order valence-corrected chi connectivity index (χ0v) is 26.0. The number of piperidine rings is 1. The van der Waals surface area contributed by atoms with Crippen LogP contribution >= 0.6 is 34.5 Å². The third-order valence-corrected chi connectivity index (χ3v) is 11.8. The molecule has 2 aliphatic carbocycles. The number of carboxylic acids is 1. The zero-order chi connectivity index (χ0) is 29.6. The molecule has 2 aromatic carbocycles. The lowest BCUT2D eigenvalue weighted by Gasteiger charge is -2.57. The second-order valence-corrected chi connectivity index (χ2v) is 14.9. The van der Waals surface area contributed by atoms with Gasteiger partial charge in [-0.1, -0.05) is 45.8 Å². The Bertz CT molecular complexity index is 1730. The van der Waals surface area contributed by atoms with Crippen molar-refractivity contribution in [3.63, 3.8) is 0 Å². The molecule has 1 spiro atoms. The molecule has 2 atom stereocenters. The summed E-state index contributed by atoms with van der Waals surface area (Å²) in [5.74, 6) is -0.302. The predicted molar refractivity (Wildman–Crippen MR) is 166 cm³/mol. The quantitative estimate of drug-likeness (QED) is 0.217. The Kier molecular flexibility index (Phi) is 6.57. The molecular weight excluding hydrogens is 610 g/mol. The molecule has 0 radical (unpaired) electrons. The van der Waals surface area contributed by atoms with E-state index in [0.29, 0.717) is 44.2 Å². The first-order valence-electron chi connectivity index (χ1n) is 14.9. The Balaban J connectivity index is 0.986. The largest absolute Gasteiger partial charge is 0.478 e. The molecule has 1 N–H and O–H groups in total. The lowest BCUT2D eigenvalue weighted by atomic mass is 9.58. The standard InChI is InChI=1S/C32H31Cl2FN4O3S/c1-38(15-21-27(37-42-29(21)16-5-6-16)26-22(33)3-2-4-23(26)34)20-13-32(14-20)11-18-7-8-19(12-32)39(18)31-36-28-24(35)9-17(30(40)41)10-25(28)43-31/h2-4,9-10,16,18-20H,5-8,11-15H2,1H3,(H,40,41). The zero-order valence-electron chi connectivity index (χ0n) is 23.7. The summed E-state index contributed by atoms with van der Waals surface area (Å²) < 4.78 is 21.2. The van der Waals surface area contributed by atoms with Gasteiger partial charge in [0.05, 0.1) is 20.3 Å². The average molecular weight is 642 g/mol. The molecule has 2 aliphatic heterocycles. The van der Waals surface area contributed by atoms with Crippen molar-refractivity contribution in [1.82, 2.24) is 15.0 Å². The lowest BCUT2D eigenvalue weighted by Crippen LogP contribution is -2.57. The normalized spacial score (nSPS) is 26.5. The monoisotopic (exact) mass is 640 g/mol. The first kappa shape index (κ1) is 27.8. The van der Waals surface area contributed by atoms with Gasteiger partial charge in [-0.25, -0.2) is 14.2 Å².